The number of para-hydroxylation sites is 3. The summed E-state index contributed by atoms with van der Waals surface area (Å²) < 4.78 is 2.44. The third-order valence-electron chi connectivity index (χ3n) is 9.56. The number of fused-ring (bicyclic) bond motifs is 3. The molecule has 9 aromatic rings. The molecule has 2 aromatic heterocycles. The van der Waals surface area contributed by atoms with Crippen molar-refractivity contribution >= 4 is 50.9 Å². The first kappa shape index (κ1) is 29.7. The number of rotatable bonds is 7. The maximum Gasteiger partial charge on any atom is 0.228 e. The molecule has 0 N–H and O–H groups in total. The van der Waals surface area contributed by atoms with E-state index < -0.39 is 8.07 Å². The lowest BCUT2D eigenvalue weighted by Crippen LogP contribution is -2.76. The molecule has 0 fully saturated rings. The van der Waals surface area contributed by atoms with Crippen LogP contribution in [0.1, 0.15) is 0 Å². The minimum absolute atomic E-state index is 0.661. The molecule has 0 unspecified atom stereocenters. The van der Waals surface area contributed by atoms with Gasteiger partial charge in [0.15, 0.2) is 11.6 Å². The Labute approximate surface area is 292 Å². The Morgan fingerprint density at radius 2 is 0.840 bits per heavy atom. The number of aromatic nitrogens is 4. The van der Waals surface area contributed by atoms with E-state index in [1.807, 2.05) is 36.4 Å². The van der Waals surface area contributed by atoms with Gasteiger partial charge in [0.2, 0.25) is 8.07 Å². The van der Waals surface area contributed by atoms with E-state index in [0.717, 1.165) is 27.8 Å². The first-order chi connectivity index (χ1) is 24.8. The smallest absolute Gasteiger partial charge is 0.228 e. The van der Waals surface area contributed by atoms with Gasteiger partial charge in [-0.3, -0.25) is 0 Å². The van der Waals surface area contributed by atoms with Crippen molar-refractivity contribution in [3.63, 3.8) is 0 Å². The monoisotopic (exact) mass is 656 g/mol. The number of benzene rings is 7. The second-order valence-electron chi connectivity index (χ2n) is 12.4. The van der Waals surface area contributed by atoms with Crippen LogP contribution in [0.25, 0.3) is 50.3 Å². The molecule has 0 saturated heterocycles. The predicted octanol–water partition coefficient (Wildman–Crippen LogP) is 7.68. The van der Waals surface area contributed by atoms with Crippen molar-refractivity contribution in [1.29, 1.82) is 0 Å². The van der Waals surface area contributed by atoms with Gasteiger partial charge in [0, 0.05) is 27.6 Å². The summed E-state index contributed by atoms with van der Waals surface area (Å²) in [6, 6.07) is 68.6. The predicted molar refractivity (Wildman–Crippen MR) is 209 cm³/mol. The Bertz CT molecular complexity index is 2470. The van der Waals surface area contributed by atoms with Crippen LogP contribution in [0, 0.1) is 0 Å². The Morgan fingerprint density at radius 3 is 1.40 bits per heavy atom. The fraction of sp³-hybridized carbons (Fsp3) is 0. The third kappa shape index (κ3) is 4.87. The zero-order chi connectivity index (χ0) is 33.3. The molecule has 0 aliphatic rings. The van der Waals surface area contributed by atoms with Gasteiger partial charge >= 0.3 is 0 Å². The molecule has 236 valence electrons. The van der Waals surface area contributed by atoms with E-state index in [9.17, 15) is 0 Å². The Balaban J connectivity index is 1.50. The van der Waals surface area contributed by atoms with E-state index in [2.05, 4.69) is 162 Å². The van der Waals surface area contributed by atoms with E-state index in [-0.39, 0.29) is 0 Å². The minimum Gasteiger partial charge on any atom is -0.309 e. The lowest BCUT2D eigenvalue weighted by molar-refractivity contribution is 1.10. The van der Waals surface area contributed by atoms with Crippen molar-refractivity contribution in [1.82, 2.24) is 19.5 Å². The highest BCUT2D eigenvalue weighted by molar-refractivity contribution is 7.20. The van der Waals surface area contributed by atoms with E-state index >= 15 is 0 Å². The number of hydrogen-bond donors (Lipinski definition) is 0. The van der Waals surface area contributed by atoms with Crippen LogP contribution in [0.4, 0.5) is 0 Å². The molecule has 0 spiro atoms. The lowest BCUT2D eigenvalue weighted by atomic mass is 10.1. The van der Waals surface area contributed by atoms with Gasteiger partial charge in [-0.15, -0.1) is 0 Å². The van der Waals surface area contributed by atoms with Gasteiger partial charge in [-0.2, -0.15) is 0 Å². The van der Waals surface area contributed by atoms with Gasteiger partial charge in [0.1, 0.15) is 5.45 Å². The van der Waals surface area contributed by atoms with Crippen LogP contribution in [-0.4, -0.2) is 27.6 Å². The maximum atomic E-state index is 5.52. The van der Waals surface area contributed by atoms with Gasteiger partial charge in [-0.05, 0) is 33.8 Å². The first-order valence-corrected chi connectivity index (χ1v) is 18.9. The van der Waals surface area contributed by atoms with Gasteiger partial charge in [-0.25, -0.2) is 15.0 Å². The molecule has 0 aliphatic heterocycles. The topological polar surface area (TPSA) is 43.6 Å². The van der Waals surface area contributed by atoms with E-state index in [1.54, 1.807) is 0 Å². The summed E-state index contributed by atoms with van der Waals surface area (Å²) in [5.74, 6) is 1.32. The highest BCUT2D eigenvalue weighted by atomic mass is 28.3. The molecular formula is C45H32N4Si. The van der Waals surface area contributed by atoms with Gasteiger partial charge in [0.05, 0.1) is 11.0 Å². The van der Waals surface area contributed by atoms with Crippen LogP contribution in [0.5, 0.6) is 0 Å². The van der Waals surface area contributed by atoms with E-state index in [1.165, 1.54) is 31.8 Å². The standard InChI is InChI=1S/C45H32N4Si/c1-6-19-33(20-7-1)43-46-44(34-21-8-2-9-22-34)48-45(47-43)50(36-25-12-4-13-26-36,37-27-14-5-15-28-37)41-32-18-30-39-38-29-16-17-31-40(38)49(42(39)41)35-23-10-3-11-24-35/h1-32H. The normalized spacial score (nSPS) is 11.6. The summed E-state index contributed by atoms with van der Waals surface area (Å²) >= 11 is 0. The molecule has 0 saturated carbocycles. The number of nitrogens with zero attached hydrogens (tertiary/aromatic N) is 4. The van der Waals surface area contributed by atoms with Crippen molar-refractivity contribution in [3.8, 4) is 28.5 Å². The molecule has 2 heterocycles. The summed E-state index contributed by atoms with van der Waals surface area (Å²) in [6.07, 6.45) is 0. The molecule has 50 heavy (non-hydrogen) atoms. The summed E-state index contributed by atoms with van der Waals surface area (Å²) in [7, 11) is -3.30. The number of hydrogen-bond acceptors (Lipinski definition) is 3. The molecule has 0 radical (unpaired) electrons. The summed E-state index contributed by atoms with van der Waals surface area (Å²) in [5.41, 5.74) is 6.14. The minimum atomic E-state index is -3.30. The molecular weight excluding hydrogens is 625 g/mol. The molecule has 5 heteroatoms. The van der Waals surface area contributed by atoms with Crippen LogP contribution in [-0.2, 0) is 0 Å². The molecule has 0 amide bonds. The highest BCUT2D eigenvalue weighted by Gasteiger charge is 2.47. The molecule has 0 bridgehead atoms. The van der Waals surface area contributed by atoms with E-state index in [4.69, 9.17) is 15.0 Å². The molecule has 9 rings (SSSR count). The van der Waals surface area contributed by atoms with Crippen LogP contribution in [0.3, 0.4) is 0 Å². The Kier molecular flexibility index (Phi) is 7.45. The van der Waals surface area contributed by atoms with Crippen molar-refractivity contribution < 1.29 is 0 Å². The fourth-order valence-corrected chi connectivity index (χ4v) is 12.0. The third-order valence-corrected chi connectivity index (χ3v) is 14.1. The first-order valence-electron chi connectivity index (χ1n) is 16.9. The average Bonchev–Trinajstić information content (AvgIpc) is 3.55. The second kappa shape index (κ2) is 12.5. The Morgan fingerprint density at radius 1 is 0.380 bits per heavy atom. The SMILES string of the molecule is c1ccc(-c2nc(-c3ccccc3)nc([Si](c3ccccc3)(c3ccccc3)c3cccc4c5ccccc5n(-c5ccccc5)c34)n2)cc1. The summed E-state index contributed by atoms with van der Waals surface area (Å²) in [5, 5.41) is 6.03. The lowest BCUT2D eigenvalue weighted by Gasteiger charge is -2.33. The van der Waals surface area contributed by atoms with Gasteiger partial charge < -0.3 is 4.57 Å². The maximum absolute atomic E-state index is 5.52. The van der Waals surface area contributed by atoms with Crippen molar-refractivity contribution in [2.24, 2.45) is 0 Å². The molecule has 4 nitrogen and oxygen atoms in total. The zero-order valence-electron chi connectivity index (χ0n) is 27.3. The second-order valence-corrected chi connectivity index (χ2v) is 16.1. The van der Waals surface area contributed by atoms with Crippen molar-refractivity contribution in [2.75, 3.05) is 0 Å². The van der Waals surface area contributed by atoms with Gasteiger partial charge in [-0.1, -0.05) is 176 Å². The average molecular weight is 657 g/mol. The highest BCUT2D eigenvalue weighted by Crippen LogP contribution is 2.32. The van der Waals surface area contributed by atoms with E-state index in [0.29, 0.717) is 11.6 Å². The van der Waals surface area contributed by atoms with Crippen LogP contribution in [0.2, 0.25) is 0 Å². The summed E-state index contributed by atoms with van der Waals surface area (Å²) in [6.45, 7) is 0. The van der Waals surface area contributed by atoms with Crippen molar-refractivity contribution in [2.45, 2.75) is 0 Å². The van der Waals surface area contributed by atoms with Gasteiger partial charge in [0.25, 0.3) is 0 Å². The quantitative estimate of drug-likeness (QED) is 0.131. The molecule has 0 atom stereocenters. The van der Waals surface area contributed by atoms with Crippen LogP contribution < -0.4 is 21.0 Å². The van der Waals surface area contributed by atoms with Crippen LogP contribution >= 0.6 is 0 Å². The fourth-order valence-electron chi connectivity index (χ4n) is 7.38. The van der Waals surface area contributed by atoms with Crippen molar-refractivity contribution in [3.05, 3.63) is 194 Å². The van der Waals surface area contributed by atoms with Crippen LogP contribution in [0.15, 0.2) is 194 Å². The summed E-state index contributed by atoms with van der Waals surface area (Å²) in [4.78, 5) is 16.2. The molecule has 7 aromatic carbocycles. The largest absolute Gasteiger partial charge is 0.309 e. The zero-order valence-corrected chi connectivity index (χ0v) is 28.3. The molecule has 0 aliphatic carbocycles. The Hall–Kier alpha value is -6.43.